The molecule has 1 aromatic rings. The van der Waals surface area contributed by atoms with E-state index in [1.807, 2.05) is 18.2 Å². The van der Waals surface area contributed by atoms with Crippen molar-refractivity contribution in [2.45, 2.75) is 64.0 Å². The fourth-order valence-electron chi connectivity index (χ4n) is 4.42. The Balaban J connectivity index is 1.83. The molecular weight excluding hydrogens is 286 g/mol. The van der Waals surface area contributed by atoms with Crippen molar-refractivity contribution in [2.75, 3.05) is 13.1 Å². The van der Waals surface area contributed by atoms with Crippen LogP contribution in [0, 0.1) is 5.92 Å². The molecule has 0 aromatic heterocycles. The number of ether oxygens (including phenoxy) is 1. The molecule has 3 atom stereocenters. The molecule has 0 bridgehead atoms. The summed E-state index contributed by atoms with van der Waals surface area (Å²) in [7, 11) is 0. The molecular formula is C20H29NO2. The number of benzene rings is 1. The second-order valence-corrected chi connectivity index (χ2v) is 7.05. The maximum absolute atomic E-state index is 11.7. The monoisotopic (exact) mass is 315 g/mol. The molecule has 23 heavy (non-hydrogen) atoms. The Morgan fingerprint density at radius 3 is 2.43 bits per heavy atom. The molecule has 2 fully saturated rings. The van der Waals surface area contributed by atoms with Gasteiger partial charge in [-0.1, -0.05) is 49.6 Å². The van der Waals surface area contributed by atoms with Crippen molar-refractivity contribution in [3.05, 3.63) is 35.9 Å². The Hall–Kier alpha value is -1.35. The lowest BCUT2D eigenvalue weighted by atomic mass is 9.77. The molecule has 126 valence electrons. The summed E-state index contributed by atoms with van der Waals surface area (Å²) < 4.78 is 5.83. The molecule has 1 aliphatic carbocycles. The average molecular weight is 315 g/mol. The summed E-state index contributed by atoms with van der Waals surface area (Å²) in [5.41, 5.74) is 1.15. The summed E-state index contributed by atoms with van der Waals surface area (Å²) in [6.45, 7) is 3.96. The third-order valence-electron chi connectivity index (χ3n) is 5.45. The summed E-state index contributed by atoms with van der Waals surface area (Å²) in [5.74, 6) is 0.259. The molecule has 0 radical (unpaired) electrons. The molecule has 2 aliphatic rings. The van der Waals surface area contributed by atoms with Crippen LogP contribution in [0.3, 0.4) is 0 Å². The van der Waals surface area contributed by atoms with E-state index in [1.165, 1.54) is 58.5 Å². The van der Waals surface area contributed by atoms with Crippen LogP contribution in [-0.2, 0) is 9.53 Å². The molecule has 0 N–H and O–H groups in total. The molecule has 1 saturated carbocycles. The first-order valence-corrected chi connectivity index (χ1v) is 9.22. The number of esters is 1. The number of piperidine rings is 1. The summed E-state index contributed by atoms with van der Waals surface area (Å²) in [5, 5.41) is 0. The zero-order chi connectivity index (χ0) is 16.1. The van der Waals surface area contributed by atoms with E-state index in [2.05, 4.69) is 17.0 Å². The van der Waals surface area contributed by atoms with Crippen molar-refractivity contribution in [1.29, 1.82) is 0 Å². The molecule has 1 aromatic carbocycles. The van der Waals surface area contributed by atoms with Crippen molar-refractivity contribution in [3.8, 4) is 0 Å². The second-order valence-electron chi connectivity index (χ2n) is 7.05. The van der Waals surface area contributed by atoms with E-state index in [4.69, 9.17) is 4.74 Å². The number of carbonyl (C=O) groups is 1. The van der Waals surface area contributed by atoms with Gasteiger partial charge in [-0.05, 0) is 44.3 Å². The van der Waals surface area contributed by atoms with Crippen LogP contribution in [0.5, 0.6) is 0 Å². The molecule has 1 saturated heterocycles. The predicted octanol–water partition coefficient (Wildman–Crippen LogP) is 4.34. The van der Waals surface area contributed by atoms with E-state index in [1.54, 1.807) is 0 Å². The lowest BCUT2D eigenvalue weighted by Gasteiger charge is -2.44. The van der Waals surface area contributed by atoms with E-state index in [0.717, 1.165) is 12.0 Å². The number of likely N-dealkylation sites (tertiary alicyclic amines) is 1. The Kier molecular flexibility index (Phi) is 5.71. The van der Waals surface area contributed by atoms with Crippen LogP contribution in [0.1, 0.15) is 63.5 Å². The minimum atomic E-state index is -0.165. The second kappa shape index (κ2) is 7.96. The van der Waals surface area contributed by atoms with Crippen LogP contribution >= 0.6 is 0 Å². The van der Waals surface area contributed by atoms with Gasteiger partial charge in [0.05, 0.1) is 0 Å². The largest absolute Gasteiger partial charge is 0.457 e. The van der Waals surface area contributed by atoms with Crippen LogP contribution in [0.2, 0.25) is 0 Å². The number of rotatable bonds is 4. The lowest BCUT2D eigenvalue weighted by Crippen LogP contribution is -2.47. The molecule has 1 heterocycles. The number of hydrogen-bond donors (Lipinski definition) is 0. The highest BCUT2D eigenvalue weighted by atomic mass is 16.5. The maximum Gasteiger partial charge on any atom is 0.303 e. The maximum atomic E-state index is 11.7. The Morgan fingerprint density at radius 2 is 1.74 bits per heavy atom. The van der Waals surface area contributed by atoms with Gasteiger partial charge in [0, 0.05) is 18.9 Å². The number of hydrogen-bond acceptors (Lipinski definition) is 3. The van der Waals surface area contributed by atoms with Crippen molar-refractivity contribution >= 4 is 5.97 Å². The highest BCUT2D eigenvalue weighted by molar-refractivity contribution is 5.66. The van der Waals surface area contributed by atoms with E-state index >= 15 is 0 Å². The van der Waals surface area contributed by atoms with Crippen molar-refractivity contribution in [2.24, 2.45) is 5.92 Å². The van der Waals surface area contributed by atoms with Crippen LogP contribution in [-0.4, -0.2) is 30.0 Å². The summed E-state index contributed by atoms with van der Waals surface area (Å²) in [6.07, 6.45) is 8.85. The van der Waals surface area contributed by atoms with Gasteiger partial charge in [-0.3, -0.25) is 9.69 Å². The summed E-state index contributed by atoms with van der Waals surface area (Å²) >= 11 is 0. The minimum Gasteiger partial charge on any atom is -0.457 e. The third kappa shape index (κ3) is 4.14. The fourth-order valence-corrected chi connectivity index (χ4v) is 4.42. The van der Waals surface area contributed by atoms with Crippen LogP contribution in [0.15, 0.2) is 30.3 Å². The molecule has 3 unspecified atom stereocenters. The van der Waals surface area contributed by atoms with Gasteiger partial charge in [-0.2, -0.15) is 0 Å². The lowest BCUT2D eigenvalue weighted by molar-refractivity contribution is -0.152. The van der Waals surface area contributed by atoms with Gasteiger partial charge in [0.25, 0.3) is 0 Å². The van der Waals surface area contributed by atoms with Gasteiger partial charge in [-0.15, -0.1) is 0 Å². The normalized spacial score (nSPS) is 27.3. The standard InChI is InChI=1S/C20H29NO2/c1-16(22)23-20(17-10-4-2-5-11-17)18-12-6-7-13-19(18)21-14-8-3-9-15-21/h2,4-5,10-11,18-20H,3,6-9,12-15H2,1H3. The zero-order valence-corrected chi connectivity index (χ0v) is 14.2. The highest BCUT2D eigenvalue weighted by Crippen LogP contribution is 2.40. The summed E-state index contributed by atoms with van der Waals surface area (Å²) in [6, 6.07) is 10.9. The molecule has 3 nitrogen and oxygen atoms in total. The fraction of sp³-hybridized carbons (Fsp3) is 0.650. The molecule has 0 spiro atoms. The molecule has 1 aliphatic heterocycles. The first-order valence-electron chi connectivity index (χ1n) is 9.22. The molecule has 3 rings (SSSR count). The molecule has 0 amide bonds. The van der Waals surface area contributed by atoms with Gasteiger partial charge < -0.3 is 4.74 Å². The third-order valence-corrected chi connectivity index (χ3v) is 5.45. The smallest absolute Gasteiger partial charge is 0.303 e. The van der Waals surface area contributed by atoms with Crippen LogP contribution < -0.4 is 0 Å². The minimum absolute atomic E-state index is 0.0964. The van der Waals surface area contributed by atoms with E-state index < -0.39 is 0 Å². The van der Waals surface area contributed by atoms with Gasteiger partial charge in [-0.25, -0.2) is 0 Å². The number of carbonyl (C=O) groups excluding carboxylic acids is 1. The van der Waals surface area contributed by atoms with Crippen LogP contribution in [0.25, 0.3) is 0 Å². The van der Waals surface area contributed by atoms with Gasteiger partial charge in [0.15, 0.2) is 0 Å². The SMILES string of the molecule is CC(=O)OC(c1ccccc1)C1CCCCC1N1CCCCC1. The van der Waals surface area contributed by atoms with Crippen molar-refractivity contribution in [1.82, 2.24) is 4.90 Å². The summed E-state index contributed by atoms with van der Waals surface area (Å²) in [4.78, 5) is 14.4. The first-order chi connectivity index (χ1) is 11.3. The van der Waals surface area contributed by atoms with E-state index in [0.29, 0.717) is 12.0 Å². The van der Waals surface area contributed by atoms with Gasteiger partial charge in [0.2, 0.25) is 0 Å². The molecule has 3 heteroatoms. The van der Waals surface area contributed by atoms with Crippen molar-refractivity contribution in [3.63, 3.8) is 0 Å². The van der Waals surface area contributed by atoms with Gasteiger partial charge >= 0.3 is 5.97 Å². The quantitative estimate of drug-likeness (QED) is 0.774. The Labute approximate surface area is 140 Å². The zero-order valence-electron chi connectivity index (χ0n) is 14.2. The number of nitrogens with zero attached hydrogens (tertiary/aromatic N) is 1. The highest BCUT2D eigenvalue weighted by Gasteiger charge is 2.38. The predicted molar refractivity (Wildman–Crippen MR) is 92.1 cm³/mol. The average Bonchev–Trinajstić information content (AvgIpc) is 2.61. The first kappa shape index (κ1) is 16.5. The Morgan fingerprint density at radius 1 is 1.04 bits per heavy atom. The van der Waals surface area contributed by atoms with E-state index in [9.17, 15) is 4.79 Å². The van der Waals surface area contributed by atoms with Crippen molar-refractivity contribution < 1.29 is 9.53 Å². The van der Waals surface area contributed by atoms with Gasteiger partial charge in [0.1, 0.15) is 6.10 Å². The Bertz CT molecular complexity index is 496. The van der Waals surface area contributed by atoms with E-state index in [-0.39, 0.29) is 12.1 Å². The topological polar surface area (TPSA) is 29.5 Å². The van der Waals surface area contributed by atoms with Crippen LogP contribution in [0.4, 0.5) is 0 Å².